The first-order valence-electron chi connectivity index (χ1n) is 12.8. The average molecular weight is 600 g/mol. The van der Waals surface area contributed by atoms with E-state index < -0.39 is 42.9 Å². The van der Waals surface area contributed by atoms with Gasteiger partial charge in [0.25, 0.3) is 5.91 Å². The lowest BCUT2D eigenvalue weighted by atomic mass is 10.0. The van der Waals surface area contributed by atoms with Crippen molar-refractivity contribution in [2.45, 2.75) is 66.2 Å². The zero-order valence-electron chi connectivity index (χ0n) is 23.7. The summed E-state index contributed by atoms with van der Waals surface area (Å²) in [5, 5.41) is 3.50. The Balaban J connectivity index is 2.23. The molecule has 2 rings (SSSR count). The number of ether oxygens (including phenoxy) is 5. The Morgan fingerprint density at radius 2 is 1.73 bits per heavy atom. The number of pyridine rings is 1. The zero-order chi connectivity index (χ0) is 30.0. The van der Waals surface area contributed by atoms with Crippen molar-refractivity contribution in [3.8, 4) is 17.2 Å². The number of methoxy groups -OCH3 is 1. The molecular weight excluding hydrogens is 563 g/mol. The van der Waals surface area contributed by atoms with Crippen LogP contribution in [0.2, 0.25) is 10.0 Å². The van der Waals surface area contributed by atoms with Crippen molar-refractivity contribution in [1.82, 2.24) is 10.3 Å². The molecule has 12 heteroatoms. The molecule has 40 heavy (non-hydrogen) atoms. The molecule has 0 fully saturated rings. The highest BCUT2D eigenvalue weighted by atomic mass is 35.5. The van der Waals surface area contributed by atoms with Crippen LogP contribution >= 0.6 is 23.2 Å². The zero-order valence-corrected chi connectivity index (χ0v) is 25.2. The monoisotopic (exact) mass is 598 g/mol. The number of nitrogens with one attached hydrogen (secondary N) is 1. The van der Waals surface area contributed by atoms with Crippen LogP contribution in [0.25, 0.3) is 0 Å². The molecule has 1 N–H and O–H groups in total. The SMILES string of the molecule is COc1ccnc(C(=O)N[C@@H](CC(C)C)C(=O)O[C@@H](C)[C@H](Oc2ccc(Cl)cc2Cl)C(C)C)c1OCOC(C)=O. The van der Waals surface area contributed by atoms with Gasteiger partial charge in [0.1, 0.15) is 24.0 Å². The standard InChI is InChI=1S/C28H36Cl2N2O8/c1-15(2)12-21(32-27(34)24-26(38-14-37-18(6)33)23(36-7)10-11-31-24)28(35)39-17(5)25(16(3)4)40-22-9-8-19(29)13-20(22)30/h8-11,13,15-17,21,25H,12,14H2,1-7H3,(H,32,34)/t17-,21-,25+/m0/s1. The van der Waals surface area contributed by atoms with Gasteiger partial charge in [0.15, 0.2) is 17.2 Å². The fourth-order valence-electron chi connectivity index (χ4n) is 3.80. The average Bonchev–Trinajstić information content (AvgIpc) is 2.86. The normalized spacial score (nSPS) is 13.3. The lowest BCUT2D eigenvalue weighted by molar-refractivity contribution is -0.156. The number of benzene rings is 1. The molecule has 0 saturated heterocycles. The molecule has 3 atom stereocenters. The lowest BCUT2D eigenvalue weighted by Crippen LogP contribution is -2.46. The maximum atomic E-state index is 13.3. The van der Waals surface area contributed by atoms with E-state index in [2.05, 4.69) is 10.3 Å². The summed E-state index contributed by atoms with van der Waals surface area (Å²) in [6.07, 6.45) is 0.417. The molecule has 0 saturated carbocycles. The van der Waals surface area contributed by atoms with Gasteiger partial charge < -0.3 is 29.0 Å². The number of carbonyl (C=O) groups is 3. The third-order valence-corrected chi connectivity index (χ3v) is 6.18. The molecule has 1 heterocycles. The Hall–Kier alpha value is -3.24. The largest absolute Gasteiger partial charge is 0.493 e. The minimum Gasteiger partial charge on any atom is -0.493 e. The number of hydrogen-bond acceptors (Lipinski definition) is 9. The van der Waals surface area contributed by atoms with Crippen LogP contribution in [-0.2, 0) is 19.1 Å². The van der Waals surface area contributed by atoms with Gasteiger partial charge in [-0.05, 0) is 43.4 Å². The number of rotatable bonds is 14. The molecule has 1 amide bonds. The number of nitrogens with zero attached hydrogens (tertiary/aromatic N) is 1. The third-order valence-electron chi connectivity index (χ3n) is 5.64. The van der Waals surface area contributed by atoms with Crippen molar-refractivity contribution in [1.29, 1.82) is 0 Å². The quantitative estimate of drug-likeness (QED) is 0.222. The molecular formula is C28H36Cl2N2O8. The fraction of sp³-hybridized carbons (Fsp3) is 0.500. The predicted octanol–water partition coefficient (Wildman–Crippen LogP) is 5.48. The fourth-order valence-corrected chi connectivity index (χ4v) is 4.25. The van der Waals surface area contributed by atoms with Crippen molar-refractivity contribution in [3.63, 3.8) is 0 Å². The highest BCUT2D eigenvalue weighted by Gasteiger charge is 2.32. The Bertz CT molecular complexity index is 1170. The number of halogens is 2. The molecule has 0 bridgehead atoms. The van der Waals surface area contributed by atoms with Crippen LogP contribution < -0.4 is 19.5 Å². The molecule has 2 aromatic rings. The smallest absolute Gasteiger partial charge is 0.329 e. The molecule has 0 aliphatic carbocycles. The first-order chi connectivity index (χ1) is 18.8. The van der Waals surface area contributed by atoms with Crippen molar-refractivity contribution in [2.24, 2.45) is 11.8 Å². The second-order valence-corrected chi connectivity index (χ2v) is 10.6. The van der Waals surface area contributed by atoms with Crippen LogP contribution in [0, 0.1) is 11.8 Å². The maximum Gasteiger partial charge on any atom is 0.329 e. The Kier molecular flexibility index (Phi) is 12.8. The molecule has 0 spiro atoms. The van der Waals surface area contributed by atoms with Crippen LogP contribution in [0.5, 0.6) is 17.2 Å². The summed E-state index contributed by atoms with van der Waals surface area (Å²) in [7, 11) is 1.39. The molecule has 0 aliphatic rings. The molecule has 0 unspecified atom stereocenters. The van der Waals surface area contributed by atoms with Crippen LogP contribution in [0.1, 0.15) is 58.5 Å². The van der Waals surface area contributed by atoms with Crippen LogP contribution in [0.15, 0.2) is 30.5 Å². The second-order valence-electron chi connectivity index (χ2n) is 9.79. The second kappa shape index (κ2) is 15.5. The maximum absolute atomic E-state index is 13.3. The van der Waals surface area contributed by atoms with Gasteiger partial charge in [-0.15, -0.1) is 0 Å². The molecule has 10 nitrogen and oxygen atoms in total. The summed E-state index contributed by atoms with van der Waals surface area (Å²) < 4.78 is 27.4. The molecule has 1 aromatic heterocycles. The van der Waals surface area contributed by atoms with Crippen molar-refractivity contribution in [3.05, 3.63) is 46.2 Å². The summed E-state index contributed by atoms with van der Waals surface area (Å²) in [4.78, 5) is 41.9. The van der Waals surface area contributed by atoms with E-state index >= 15 is 0 Å². The van der Waals surface area contributed by atoms with Gasteiger partial charge >= 0.3 is 11.9 Å². The number of esters is 2. The Morgan fingerprint density at radius 1 is 1.02 bits per heavy atom. The van der Waals surface area contributed by atoms with Gasteiger partial charge in [-0.3, -0.25) is 9.59 Å². The predicted molar refractivity (Wildman–Crippen MR) is 150 cm³/mol. The van der Waals surface area contributed by atoms with Crippen molar-refractivity contribution in [2.75, 3.05) is 13.9 Å². The van der Waals surface area contributed by atoms with E-state index in [1.165, 1.54) is 26.3 Å². The van der Waals surface area contributed by atoms with Gasteiger partial charge in [0.2, 0.25) is 6.79 Å². The summed E-state index contributed by atoms with van der Waals surface area (Å²) in [6, 6.07) is 5.36. The van der Waals surface area contributed by atoms with E-state index in [0.717, 1.165) is 0 Å². The summed E-state index contributed by atoms with van der Waals surface area (Å²) in [6.45, 7) is 10.2. The van der Waals surface area contributed by atoms with Crippen LogP contribution in [0.4, 0.5) is 0 Å². The summed E-state index contributed by atoms with van der Waals surface area (Å²) >= 11 is 12.3. The summed E-state index contributed by atoms with van der Waals surface area (Å²) in [5.74, 6) is -1.35. The van der Waals surface area contributed by atoms with Crippen molar-refractivity contribution >= 4 is 41.0 Å². The number of hydrogen-bond donors (Lipinski definition) is 1. The van der Waals surface area contributed by atoms with Gasteiger partial charge in [0.05, 0.1) is 12.1 Å². The van der Waals surface area contributed by atoms with E-state index in [9.17, 15) is 14.4 Å². The van der Waals surface area contributed by atoms with E-state index in [1.807, 2.05) is 27.7 Å². The van der Waals surface area contributed by atoms with Gasteiger partial charge in [-0.2, -0.15) is 0 Å². The van der Waals surface area contributed by atoms with Gasteiger partial charge in [-0.1, -0.05) is 50.9 Å². The molecule has 1 aromatic carbocycles. The number of carbonyl (C=O) groups excluding carboxylic acids is 3. The van der Waals surface area contributed by atoms with Crippen molar-refractivity contribution < 1.29 is 38.1 Å². The van der Waals surface area contributed by atoms with Gasteiger partial charge in [-0.25, -0.2) is 9.78 Å². The molecule has 0 aliphatic heterocycles. The number of aromatic nitrogens is 1. The highest BCUT2D eigenvalue weighted by molar-refractivity contribution is 6.35. The Morgan fingerprint density at radius 3 is 2.30 bits per heavy atom. The highest BCUT2D eigenvalue weighted by Crippen LogP contribution is 2.31. The minimum atomic E-state index is -1.00. The Labute approximate surface area is 244 Å². The van der Waals surface area contributed by atoms with Crippen LogP contribution in [0.3, 0.4) is 0 Å². The topological polar surface area (TPSA) is 122 Å². The third kappa shape index (κ3) is 9.75. The molecule has 220 valence electrons. The molecule has 0 radical (unpaired) electrons. The minimum absolute atomic E-state index is 0.0381. The lowest BCUT2D eigenvalue weighted by Gasteiger charge is -2.30. The van der Waals surface area contributed by atoms with Gasteiger partial charge in [0, 0.05) is 24.2 Å². The van der Waals surface area contributed by atoms with Crippen LogP contribution in [-0.4, -0.2) is 55.0 Å². The summed E-state index contributed by atoms with van der Waals surface area (Å²) in [5.41, 5.74) is -0.151. The first kappa shape index (κ1) is 33.0. The van der Waals surface area contributed by atoms with E-state index in [-0.39, 0.29) is 29.0 Å². The van der Waals surface area contributed by atoms with E-state index in [1.54, 1.807) is 25.1 Å². The van der Waals surface area contributed by atoms with E-state index in [0.29, 0.717) is 22.2 Å². The van der Waals surface area contributed by atoms with E-state index in [4.69, 9.17) is 46.9 Å². The number of amides is 1. The first-order valence-corrected chi connectivity index (χ1v) is 13.5.